The molecule has 60 valence electrons. The Bertz CT molecular complexity index is 275. The molecule has 0 amide bonds. The zero-order valence-corrected chi connectivity index (χ0v) is 6.82. The first-order valence-corrected chi connectivity index (χ1v) is 4.47. The highest BCUT2D eigenvalue weighted by Crippen LogP contribution is 2.18. The van der Waals surface area contributed by atoms with Crippen molar-refractivity contribution in [2.75, 3.05) is 0 Å². The summed E-state index contributed by atoms with van der Waals surface area (Å²) in [6, 6.07) is 2.63. The Hall–Kier alpha value is -0.720. The minimum atomic E-state index is -2.07. The third kappa shape index (κ3) is 1.86. The van der Waals surface area contributed by atoms with Crippen molar-refractivity contribution in [2.24, 2.45) is 0 Å². The van der Waals surface area contributed by atoms with Gasteiger partial charge in [-0.05, 0) is 12.1 Å². The summed E-state index contributed by atoms with van der Waals surface area (Å²) in [7, 11) is 0. The van der Waals surface area contributed by atoms with Gasteiger partial charge in [0.25, 0.3) is 0 Å². The number of hydrogen-bond donors (Lipinski definition) is 2. The normalized spacial score (nSPS) is 12.8. The smallest absolute Gasteiger partial charge is 0.345 e. The van der Waals surface area contributed by atoms with Gasteiger partial charge in [0, 0.05) is 0 Å². The molecule has 1 atom stereocenters. The number of carbonyl (C=O) groups is 1. The van der Waals surface area contributed by atoms with Crippen molar-refractivity contribution in [3.63, 3.8) is 0 Å². The van der Waals surface area contributed by atoms with E-state index in [1.807, 2.05) is 0 Å². The van der Waals surface area contributed by atoms with Gasteiger partial charge in [-0.3, -0.25) is 0 Å². The van der Waals surface area contributed by atoms with E-state index in [2.05, 4.69) is 0 Å². The molecule has 1 rings (SSSR count). The van der Waals surface area contributed by atoms with Gasteiger partial charge in [0.05, 0.1) is 0 Å². The molecule has 2 N–H and O–H groups in total. The molecule has 0 aliphatic rings. The van der Waals surface area contributed by atoms with Crippen molar-refractivity contribution in [3.05, 3.63) is 17.0 Å². The fourth-order valence-corrected chi connectivity index (χ4v) is 1.84. The fourth-order valence-electron chi connectivity index (χ4n) is 0.529. The number of thiophene rings is 1. The molecule has 0 radical (unpaired) electrons. The summed E-state index contributed by atoms with van der Waals surface area (Å²) in [5.74, 6) is -1.08. The monoisotopic (exact) mass is 192 g/mol. The first-order chi connectivity index (χ1) is 5.11. The van der Waals surface area contributed by atoms with Crippen molar-refractivity contribution in [1.82, 2.24) is 0 Å². The molecule has 11 heavy (non-hydrogen) atoms. The average Bonchev–Trinajstić information content (AvgIpc) is 2.33. The zero-order valence-electron chi connectivity index (χ0n) is 5.18. The van der Waals surface area contributed by atoms with Crippen LogP contribution in [0.15, 0.2) is 16.3 Å². The number of hydrogen-bond acceptors (Lipinski definition) is 3. The van der Waals surface area contributed by atoms with Crippen molar-refractivity contribution in [1.29, 1.82) is 0 Å². The summed E-state index contributed by atoms with van der Waals surface area (Å²) < 4.78 is 19.0. The lowest BCUT2D eigenvalue weighted by Crippen LogP contribution is -1.89. The summed E-state index contributed by atoms with van der Waals surface area (Å²) in [5.41, 5.74) is 0. The highest BCUT2D eigenvalue weighted by molar-refractivity contribution is 7.81. The average molecular weight is 192 g/mol. The maximum atomic E-state index is 10.4. The Balaban J connectivity index is 2.99. The van der Waals surface area contributed by atoms with E-state index in [9.17, 15) is 9.00 Å². The van der Waals surface area contributed by atoms with Crippen molar-refractivity contribution >= 4 is 28.4 Å². The minimum absolute atomic E-state index is 0.0717. The maximum Gasteiger partial charge on any atom is 0.345 e. The third-order valence-corrected chi connectivity index (χ3v) is 2.99. The van der Waals surface area contributed by atoms with E-state index in [0.717, 1.165) is 11.3 Å². The van der Waals surface area contributed by atoms with Crippen molar-refractivity contribution in [2.45, 2.75) is 4.21 Å². The van der Waals surface area contributed by atoms with Gasteiger partial charge in [-0.1, -0.05) is 0 Å². The largest absolute Gasteiger partial charge is 0.477 e. The van der Waals surface area contributed by atoms with Gasteiger partial charge in [-0.25, -0.2) is 9.00 Å². The summed E-state index contributed by atoms with van der Waals surface area (Å²) >= 11 is -1.27. The predicted octanol–water partition coefficient (Wildman–Crippen LogP) is 1.03. The van der Waals surface area contributed by atoms with Crippen LogP contribution in [0.1, 0.15) is 9.67 Å². The van der Waals surface area contributed by atoms with Gasteiger partial charge in [0.2, 0.25) is 0 Å². The van der Waals surface area contributed by atoms with E-state index in [1.165, 1.54) is 12.1 Å². The molecule has 1 unspecified atom stereocenters. The number of carboxylic acid groups (broad SMARTS) is 1. The van der Waals surface area contributed by atoms with Crippen LogP contribution in [0.4, 0.5) is 0 Å². The van der Waals surface area contributed by atoms with Gasteiger partial charge in [-0.2, -0.15) is 0 Å². The van der Waals surface area contributed by atoms with Crippen LogP contribution in [-0.4, -0.2) is 19.8 Å². The van der Waals surface area contributed by atoms with Crippen LogP contribution in [0.25, 0.3) is 0 Å². The van der Waals surface area contributed by atoms with E-state index in [0.29, 0.717) is 0 Å². The molecule has 0 aliphatic carbocycles. The molecular formula is C5H4O4S2. The topological polar surface area (TPSA) is 74.6 Å². The molecular weight excluding hydrogens is 188 g/mol. The van der Waals surface area contributed by atoms with Gasteiger partial charge in [0.1, 0.15) is 9.09 Å². The van der Waals surface area contributed by atoms with Crippen LogP contribution in [0, 0.1) is 0 Å². The summed E-state index contributed by atoms with van der Waals surface area (Å²) in [4.78, 5) is 10.3. The predicted molar refractivity (Wildman–Crippen MR) is 40.3 cm³/mol. The summed E-state index contributed by atoms with van der Waals surface area (Å²) in [5, 5.41) is 8.41. The second kappa shape index (κ2) is 3.12. The van der Waals surface area contributed by atoms with E-state index >= 15 is 0 Å². The SMILES string of the molecule is O=C(O)c1ccc(S(=O)O)s1. The molecule has 6 heteroatoms. The highest BCUT2D eigenvalue weighted by atomic mass is 32.2. The summed E-state index contributed by atoms with van der Waals surface area (Å²) in [6.07, 6.45) is 0. The van der Waals surface area contributed by atoms with E-state index in [4.69, 9.17) is 9.66 Å². The Morgan fingerprint density at radius 3 is 2.45 bits per heavy atom. The molecule has 0 saturated carbocycles. The molecule has 0 saturated heterocycles. The Labute approximate surface area is 68.8 Å². The second-order valence-corrected chi connectivity index (χ2v) is 3.95. The molecule has 1 aromatic heterocycles. The maximum absolute atomic E-state index is 10.4. The first kappa shape index (κ1) is 8.38. The molecule has 0 aromatic carbocycles. The third-order valence-electron chi connectivity index (χ3n) is 0.964. The van der Waals surface area contributed by atoms with Crippen molar-refractivity contribution < 1.29 is 18.7 Å². The Morgan fingerprint density at radius 1 is 1.55 bits per heavy atom. The molecule has 0 fully saturated rings. The number of aromatic carboxylic acids is 1. The van der Waals surface area contributed by atoms with Gasteiger partial charge >= 0.3 is 5.97 Å². The summed E-state index contributed by atoms with van der Waals surface area (Å²) in [6.45, 7) is 0. The molecule has 0 bridgehead atoms. The molecule has 1 heterocycles. The van der Waals surface area contributed by atoms with Crippen LogP contribution in [0.3, 0.4) is 0 Å². The Morgan fingerprint density at radius 2 is 2.18 bits per heavy atom. The highest BCUT2D eigenvalue weighted by Gasteiger charge is 2.09. The standard InChI is InChI=1S/C5H4O4S2/c6-5(7)3-1-2-4(10-3)11(8)9/h1-2H,(H,6,7)(H,8,9). The van der Waals surface area contributed by atoms with E-state index < -0.39 is 17.0 Å². The van der Waals surface area contributed by atoms with Crippen LogP contribution < -0.4 is 0 Å². The fraction of sp³-hybridized carbons (Fsp3) is 0. The van der Waals surface area contributed by atoms with E-state index in [-0.39, 0.29) is 9.09 Å². The molecule has 1 aromatic rings. The number of rotatable bonds is 2. The second-order valence-electron chi connectivity index (χ2n) is 1.67. The zero-order chi connectivity index (χ0) is 8.43. The lowest BCUT2D eigenvalue weighted by molar-refractivity contribution is 0.0702. The van der Waals surface area contributed by atoms with Crippen molar-refractivity contribution in [3.8, 4) is 0 Å². The van der Waals surface area contributed by atoms with Gasteiger partial charge in [0.15, 0.2) is 11.1 Å². The lowest BCUT2D eigenvalue weighted by atomic mass is 10.5. The van der Waals surface area contributed by atoms with E-state index in [1.54, 1.807) is 0 Å². The van der Waals surface area contributed by atoms with Crippen LogP contribution in [0.5, 0.6) is 0 Å². The minimum Gasteiger partial charge on any atom is -0.477 e. The molecule has 0 aliphatic heterocycles. The molecule has 0 spiro atoms. The van der Waals surface area contributed by atoms with Gasteiger partial charge < -0.3 is 9.66 Å². The number of carboxylic acids is 1. The lowest BCUT2D eigenvalue weighted by Gasteiger charge is -1.83. The van der Waals surface area contributed by atoms with Crippen LogP contribution >= 0.6 is 11.3 Å². The quantitative estimate of drug-likeness (QED) is 0.686. The Kier molecular flexibility index (Phi) is 2.38. The van der Waals surface area contributed by atoms with Gasteiger partial charge in [-0.15, -0.1) is 11.3 Å². The van der Waals surface area contributed by atoms with Crippen LogP contribution in [0.2, 0.25) is 0 Å². The van der Waals surface area contributed by atoms with Crippen LogP contribution in [-0.2, 0) is 11.1 Å². The molecule has 4 nitrogen and oxygen atoms in total. The first-order valence-electron chi connectivity index (χ1n) is 2.55.